The van der Waals surface area contributed by atoms with Gasteiger partial charge >= 0.3 is 5.97 Å². The molecule has 1 aliphatic rings. The number of nitrogens with two attached hydrogens (primary N) is 2. The molecule has 76 valence electrons. The molecule has 1 aliphatic heterocycles. The minimum absolute atomic E-state index is 0.0530. The smallest absolute Gasteiger partial charge is 0.317 e. The van der Waals surface area contributed by atoms with Crippen molar-refractivity contribution < 1.29 is 9.90 Å². The van der Waals surface area contributed by atoms with E-state index >= 15 is 0 Å². The van der Waals surface area contributed by atoms with Gasteiger partial charge in [-0.15, -0.1) is 0 Å². The molecule has 1 atom stereocenters. The SMILES string of the molecule is NNC1N(N)CCCN1CC(=O)O. The Bertz CT molecular complexity index is 188. The van der Waals surface area contributed by atoms with Gasteiger partial charge in [0.2, 0.25) is 0 Å². The number of carbonyl (C=O) groups is 1. The largest absolute Gasteiger partial charge is 0.480 e. The number of nitrogens with one attached hydrogen (secondary N) is 1. The molecule has 13 heavy (non-hydrogen) atoms. The normalized spacial score (nSPS) is 26.2. The summed E-state index contributed by atoms with van der Waals surface area (Å²) in [5.41, 5.74) is 2.47. The van der Waals surface area contributed by atoms with E-state index in [1.54, 1.807) is 4.90 Å². The summed E-state index contributed by atoms with van der Waals surface area (Å²) in [7, 11) is 0. The topological polar surface area (TPSA) is 108 Å². The van der Waals surface area contributed by atoms with Crippen molar-refractivity contribution in [3.63, 3.8) is 0 Å². The van der Waals surface area contributed by atoms with Gasteiger partial charge in [-0.3, -0.25) is 21.4 Å². The molecule has 1 saturated heterocycles. The molecule has 0 saturated carbocycles. The summed E-state index contributed by atoms with van der Waals surface area (Å²) in [6, 6.07) is 0. The molecule has 0 aromatic heterocycles. The number of aliphatic carboxylic acids is 1. The summed E-state index contributed by atoms with van der Waals surface area (Å²) in [5, 5.41) is 10.1. The Hall–Kier alpha value is -0.730. The molecule has 0 aliphatic carbocycles. The van der Waals surface area contributed by atoms with Crippen LogP contribution >= 0.6 is 0 Å². The molecule has 0 aromatic carbocycles. The summed E-state index contributed by atoms with van der Waals surface area (Å²) in [4.78, 5) is 12.1. The number of hydrogen-bond donors (Lipinski definition) is 4. The number of nitrogens with zero attached hydrogens (tertiary/aromatic N) is 2. The lowest BCUT2D eigenvalue weighted by Crippen LogP contribution is -2.65. The van der Waals surface area contributed by atoms with E-state index in [-0.39, 0.29) is 12.8 Å². The average molecular weight is 189 g/mol. The van der Waals surface area contributed by atoms with E-state index < -0.39 is 5.97 Å². The van der Waals surface area contributed by atoms with Crippen LogP contribution in [0.25, 0.3) is 0 Å². The van der Waals surface area contributed by atoms with E-state index in [0.717, 1.165) is 6.42 Å². The van der Waals surface area contributed by atoms with Crippen molar-refractivity contribution in [2.24, 2.45) is 11.7 Å². The summed E-state index contributed by atoms with van der Waals surface area (Å²) in [6.07, 6.45) is 0.465. The van der Waals surface area contributed by atoms with E-state index in [1.165, 1.54) is 5.01 Å². The number of rotatable bonds is 3. The molecular formula is C6H15N5O2. The molecule has 6 N–H and O–H groups in total. The molecule has 7 nitrogen and oxygen atoms in total. The standard InChI is InChI=1S/C6H15N5O2/c7-9-6-10(4-5(12)13)2-1-3-11(6)8/h6,9H,1-4,7-8H2,(H,12,13). The van der Waals surface area contributed by atoms with Gasteiger partial charge in [-0.25, -0.2) is 10.4 Å². The van der Waals surface area contributed by atoms with Gasteiger partial charge in [0.05, 0.1) is 6.54 Å². The Morgan fingerprint density at radius 2 is 2.31 bits per heavy atom. The fraction of sp³-hybridized carbons (Fsp3) is 0.833. The molecule has 0 radical (unpaired) electrons. The van der Waals surface area contributed by atoms with Crippen LogP contribution in [0, 0.1) is 0 Å². The minimum Gasteiger partial charge on any atom is -0.480 e. The van der Waals surface area contributed by atoms with Gasteiger partial charge in [0.1, 0.15) is 6.29 Å². The highest BCUT2D eigenvalue weighted by molar-refractivity contribution is 5.69. The van der Waals surface area contributed by atoms with E-state index in [2.05, 4.69) is 5.43 Å². The highest BCUT2D eigenvalue weighted by Gasteiger charge is 2.27. The van der Waals surface area contributed by atoms with Gasteiger partial charge < -0.3 is 5.11 Å². The first-order valence-corrected chi connectivity index (χ1v) is 4.08. The number of hydrazine groups is 2. The van der Waals surface area contributed by atoms with E-state index in [9.17, 15) is 4.79 Å². The number of carboxylic acid groups (broad SMARTS) is 1. The van der Waals surface area contributed by atoms with Crippen LogP contribution < -0.4 is 17.1 Å². The van der Waals surface area contributed by atoms with E-state index in [1.807, 2.05) is 0 Å². The van der Waals surface area contributed by atoms with Crippen molar-refractivity contribution in [2.45, 2.75) is 12.7 Å². The Morgan fingerprint density at radius 1 is 1.62 bits per heavy atom. The molecule has 0 amide bonds. The molecule has 7 heteroatoms. The van der Waals surface area contributed by atoms with Crippen molar-refractivity contribution in [3.05, 3.63) is 0 Å². The summed E-state index contributed by atoms with van der Waals surface area (Å²) in [6.45, 7) is 1.35. The maximum Gasteiger partial charge on any atom is 0.317 e. The zero-order valence-electron chi connectivity index (χ0n) is 7.31. The highest BCUT2D eigenvalue weighted by atomic mass is 16.4. The van der Waals surface area contributed by atoms with Crippen molar-refractivity contribution in [1.82, 2.24) is 15.3 Å². The predicted molar refractivity (Wildman–Crippen MR) is 45.8 cm³/mol. The third kappa shape index (κ3) is 2.61. The average Bonchev–Trinajstić information content (AvgIpc) is 2.03. The van der Waals surface area contributed by atoms with Gasteiger partial charge in [0.15, 0.2) is 0 Å². The summed E-state index contributed by atoms with van der Waals surface area (Å²) in [5.74, 6) is 9.99. The van der Waals surface area contributed by atoms with Crippen LogP contribution in [0.4, 0.5) is 0 Å². The Balaban J connectivity index is 2.53. The van der Waals surface area contributed by atoms with Crippen LogP contribution in [0.3, 0.4) is 0 Å². The lowest BCUT2D eigenvalue weighted by Gasteiger charge is -2.39. The fourth-order valence-electron chi connectivity index (χ4n) is 1.45. The van der Waals surface area contributed by atoms with Gasteiger partial charge in [0, 0.05) is 13.1 Å². The van der Waals surface area contributed by atoms with Crippen molar-refractivity contribution >= 4 is 5.97 Å². The lowest BCUT2D eigenvalue weighted by molar-refractivity contribution is -0.142. The molecule has 1 rings (SSSR count). The quantitative estimate of drug-likeness (QED) is 0.292. The van der Waals surface area contributed by atoms with Gasteiger partial charge in [0.25, 0.3) is 0 Å². The Labute approximate surface area is 76.2 Å². The second-order valence-corrected chi connectivity index (χ2v) is 3.00. The van der Waals surface area contributed by atoms with Gasteiger partial charge in [-0.1, -0.05) is 0 Å². The molecule has 1 heterocycles. The molecule has 0 bridgehead atoms. The molecule has 1 unspecified atom stereocenters. The van der Waals surface area contributed by atoms with Crippen molar-refractivity contribution in [3.8, 4) is 0 Å². The first-order valence-electron chi connectivity index (χ1n) is 4.08. The monoisotopic (exact) mass is 189 g/mol. The number of hydrogen-bond acceptors (Lipinski definition) is 6. The van der Waals surface area contributed by atoms with Crippen molar-refractivity contribution in [2.75, 3.05) is 19.6 Å². The number of carboxylic acids is 1. The van der Waals surface area contributed by atoms with Crippen LogP contribution in [-0.2, 0) is 4.79 Å². The second-order valence-electron chi connectivity index (χ2n) is 3.00. The maximum absolute atomic E-state index is 10.5. The Kier molecular flexibility index (Phi) is 3.58. The summed E-state index contributed by atoms with van der Waals surface area (Å²) >= 11 is 0. The highest BCUT2D eigenvalue weighted by Crippen LogP contribution is 2.06. The molecule has 1 fully saturated rings. The van der Waals surface area contributed by atoms with E-state index in [4.69, 9.17) is 16.8 Å². The minimum atomic E-state index is -0.879. The van der Waals surface area contributed by atoms with Crippen LogP contribution in [0.5, 0.6) is 0 Å². The molecular weight excluding hydrogens is 174 g/mol. The van der Waals surface area contributed by atoms with Gasteiger partial charge in [-0.05, 0) is 6.42 Å². The van der Waals surface area contributed by atoms with Crippen LogP contribution in [-0.4, -0.2) is 46.9 Å². The molecule has 0 spiro atoms. The zero-order valence-corrected chi connectivity index (χ0v) is 7.31. The Morgan fingerprint density at radius 3 is 2.85 bits per heavy atom. The third-order valence-electron chi connectivity index (χ3n) is 2.01. The fourth-order valence-corrected chi connectivity index (χ4v) is 1.45. The van der Waals surface area contributed by atoms with Crippen LogP contribution in [0.2, 0.25) is 0 Å². The third-order valence-corrected chi connectivity index (χ3v) is 2.01. The second kappa shape index (κ2) is 4.49. The van der Waals surface area contributed by atoms with Crippen LogP contribution in [0.15, 0.2) is 0 Å². The predicted octanol–water partition coefficient (Wildman–Crippen LogP) is -2.30. The first kappa shape index (κ1) is 10.4. The van der Waals surface area contributed by atoms with E-state index in [0.29, 0.717) is 13.1 Å². The van der Waals surface area contributed by atoms with Crippen LogP contribution in [0.1, 0.15) is 6.42 Å². The van der Waals surface area contributed by atoms with Gasteiger partial charge in [-0.2, -0.15) is 0 Å². The lowest BCUT2D eigenvalue weighted by atomic mass is 10.3. The molecule has 0 aromatic rings. The first-order chi connectivity index (χ1) is 6.15. The van der Waals surface area contributed by atoms with Crippen molar-refractivity contribution in [1.29, 1.82) is 0 Å². The maximum atomic E-state index is 10.5. The summed E-state index contributed by atoms with van der Waals surface area (Å²) < 4.78 is 0. The zero-order chi connectivity index (χ0) is 9.84.